The monoisotopic (exact) mass is 266 g/mol. The van der Waals surface area contributed by atoms with Gasteiger partial charge in [0, 0.05) is 20.9 Å². The molecule has 2 aromatic rings. The maximum atomic E-state index is 11.7. The Balaban J connectivity index is 2.74. The Labute approximate surface area is 95.4 Å². The SMILES string of the molecule is NCCc1cc2c(Br)cccc2c(=O)[nH]1. The van der Waals surface area contributed by atoms with E-state index < -0.39 is 0 Å². The highest BCUT2D eigenvalue weighted by Crippen LogP contribution is 2.21. The summed E-state index contributed by atoms with van der Waals surface area (Å²) in [5.41, 5.74) is 6.28. The third kappa shape index (κ3) is 1.96. The zero-order valence-corrected chi connectivity index (χ0v) is 9.67. The lowest BCUT2D eigenvalue weighted by atomic mass is 10.1. The van der Waals surface area contributed by atoms with Gasteiger partial charge in [-0.05, 0) is 31.2 Å². The summed E-state index contributed by atoms with van der Waals surface area (Å²) in [5, 5.41) is 1.63. The average molecular weight is 267 g/mol. The number of pyridine rings is 1. The Kier molecular flexibility index (Phi) is 2.88. The average Bonchev–Trinajstić information content (AvgIpc) is 2.20. The van der Waals surface area contributed by atoms with Crippen LogP contribution in [-0.4, -0.2) is 11.5 Å². The number of halogens is 1. The van der Waals surface area contributed by atoms with E-state index in [2.05, 4.69) is 20.9 Å². The first-order valence-electron chi connectivity index (χ1n) is 4.73. The second kappa shape index (κ2) is 4.16. The van der Waals surface area contributed by atoms with Crippen molar-refractivity contribution in [1.82, 2.24) is 4.98 Å². The molecule has 1 aromatic carbocycles. The molecule has 3 N–H and O–H groups in total. The van der Waals surface area contributed by atoms with Crippen LogP contribution in [0.4, 0.5) is 0 Å². The first-order valence-corrected chi connectivity index (χ1v) is 5.52. The number of nitrogens with one attached hydrogen (secondary N) is 1. The van der Waals surface area contributed by atoms with Gasteiger partial charge in [-0.1, -0.05) is 22.0 Å². The number of hydrogen-bond acceptors (Lipinski definition) is 2. The van der Waals surface area contributed by atoms with E-state index in [0.29, 0.717) is 18.4 Å². The van der Waals surface area contributed by atoms with Crippen LogP contribution in [0.2, 0.25) is 0 Å². The number of nitrogens with two attached hydrogens (primary N) is 1. The summed E-state index contributed by atoms with van der Waals surface area (Å²) in [4.78, 5) is 14.5. The van der Waals surface area contributed by atoms with E-state index in [4.69, 9.17) is 5.73 Å². The summed E-state index contributed by atoms with van der Waals surface area (Å²) in [6.07, 6.45) is 0.687. The van der Waals surface area contributed by atoms with Gasteiger partial charge in [0.15, 0.2) is 0 Å². The molecular weight excluding hydrogens is 256 g/mol. The molecule has 0 aliphatic rings. The number of benzene rings is 1. The van der Waals surface area contributed by atoms with Crippen LogP contribution in [0, 0.1) is 0 Å². The zero-order chi connectivity index (χ0) is 10.8. The van der Waals surface area contributed by atoms with Gasteiger partial charge >= 0.3 is 0 Å². The van der Waals surface area contributed by atoms with Gasteiger partial charge in [-0.25, -0.2) is 0 Å². The fraction of sp³-hybridized carbons (Fsp3) is 0.182. The van der Waals surface area contributed by atoms with Crippen LogP contribution in [0.3, 0.4) is 0 Å². The Morgan fingerprint density at radius 3 is 2.87 bits per heavy atom. The van der Waals surface area contributed by atoms with Crippen LogP contribution in [0.1, 0.15) is 5.69 Å². The highest BCUT2D eigenvalue weighted by molar-refractivity contribution is 9.10. The Morgan fingerprint density at radius 1 is 1.33 bits per heavy atom. The minimum Gasteiger partial charge on any atom is -0.330 e. The molecule has 2 rings (SSSR count). The van der Waals surface area contributed by atoms with Crippen molar-refractivity contribution in [2.75, 3.05) is 6.54 Å². The molecule has 15 heavy (non-hydrogen) atoms. The maximum absolute atomic E-state index is 11.7. The Hall–Kier alpha value is -1.13. The van der Waals surface area contributed by atoms with Crippen LogP contribution in [0.25, 0.3) is 10.8 Å². The lowest BCUT2D eigenvalue weighted by molar-refractivity contribution is 0.919. The highest BCUT2D eigenvalue weighted by Gasteiger charge is 2.03. The molecule has 1 aromatic heterocycles. The van der Waals surface area contributed by atoms with Crippen molar-refractivity contribution in [3.63, 3.8) is 0 Å². The topological polar surface area (TPSA) is 58.9 Å². The number of H-pyrrole nitrogens is 1. The summed E-state index contributed by atoms with van der Waals surface area (Å²) < 4.78 is 0.935. The molecule has 0 spiro atoms. The second-order valence-electron chi connectivity index (χ2n) is 3.36. The normalized spacial score (nSPS) is 10.8. The number of aromatic amines is 1. The van der Waals surface area contributed by atoms with Crippen molar-refractivity contribution >= 4 is 26.7 Å². The van der Waals surface area contributed by atoms with E-state index in [1.807, 2.05) is 24.3 Å². The van der Waals surface area contributed by atoms with Gasteiger partial charge < -0.3 is 10.7 Å². The van der Waals surface area contributed by atoms with E-state index in [1.54, 1.807) is 0 Å². The van der Waals surface area contributed by atoms with E-state index in [9.17, 15) is 4.79 Å². The molecule has 0 atom stereocenters. The fourth-order valence-corrected chi connectivity index (χ4v) is 2.08. The molecule has 3 nitrogen and oxygen atoms in total. The Morgan fingerprint density at radius 2 is 2.13 bits per heavy atom. The molecule has 0 radical (unpaired) electrons. The molecular formula is C11H11BrN2O. The zero-order valence-electron chi connectivity index (χ0n) is 8.09. The minimum absolute atomic E-state index is 0.0581. The summed E-state index contributed by atoms with van der Waals surface area (Å²) in [6.45, 7) is 0.534. The minimum atomic E-state index is -0.0581. The van der Waals surface area contributed by atoms with Crippen LogP contribution >= 0.6 is 15.9 Å². The summed E-state index contributed by atoms with van der Waals surface area (Å²) >= 11 is 3.43. The summed E-state index contributed by atoms with van der Waals surface area (Å²) in [5.74, 6) is 0. The highest BCUT2D eigenvalue weighted by atomic mass is 79.9. The lowest BCUT2D eigenvalue weighted by Crippen LogP contribution is -2.12. The molecule has 0 saturated carbocycles. The first-order chi connectivity index (χ1) is 7.22. The van der Waals surface area contributed by atoms with Gasteiger partial charge in [0.25, 0.3) is 5.56 Å². The summed E-state index contributed by atoms with van der Waals surface area (Å²) in [7, 11) is 0. The van der Waals surface area contributed by atoms with Gasteiger partial charge in [-0.15, -0.1) is 0 Å². The lowest BCUT2D eigenvalue weighted by Gasteiger charge is -2.03. The largest absolute Gasteiger partial charge is 0.330 e. The van der Waals surface area contributed by atoms with E-state index in [1.165, 1.54) is 0 Å². The summed E-state index contributed by atoms with van der Waals surface area (Å²) in [6, 6.07) is 7.55. The van der Waals surface area contributed by atoms with Crippen LogP contribution < -0.4 is 11.3 Å². The molecule has 0 unspecified atom stereocenters. The molecule has 0 aliphatic heterocycles. The predicted molar refractivity (Wildman–Crippen MR) is 65.0 cm³/mol. The standard InChI is InChI=1S/C11H11BrN2O/c12-10-3-1-2-8-9(10)6-7(4-5-13)14-11(8)15/h1-3,6H,4-5,13H2,(H,14,15). The van der Waals surface area contributed by atoms with Gasteiger partial charge in [0.05, 0.1) is 0 Å². The van der Waals surface area contributed by atoms with Crippen LogP contribution in [0.15, 0.2) is 33.5 Å². The third-order valence-electron chi connectivity index (χ3n) is 2.30. The fourth-order valence-electron chi connectivity index (χ4n) is 1.60. The molecule has 4 heteroatoms. The first kappa shape index (κ1) is 10.4. The molecule has 1 heterocycles. The second-order valence-corrected chi connectivity index (χ2v) is 4.22. The van der Waals surface area contributed by atoms with Gasteiger partial charge in [-0.3, -0.25) is 4.79 Å². The van der Waals surface area contributed by atoms with Crippen LogP contribution in [0.5, 0.6) is 0 Å². The smallest absolute Gasteiger partial charge is 0.256 e. The van der Waals surface area contributed by atoms with Crippen molar-refractivity contribution in [3.8, 4) is 0 Å². The number of aromatic nitrogens is 1. The van der Waals surface area contributed by atoms with Gasteiger partial charge in [-0.2, -0.15) is 0 Å². The molecule has 78 valence electrons. The number of rotatable bonds is 2. The number of hydrogen-bond donors (Lipinski definition) is 2. The van der Waals surface area contributed by atoms with Gasteiger partial charge in [0.1, 0.15) is 0 Å². The number of fused-ring (bicyclic) bond motifs is 1. The van der Waals surface area contributed by atoms with Crippen molar-refractivity contribution in [2.45, 2.75) is 6.42 Å². The van der Waals surface area contributed by atoms with E-state index >= 15 is 0 Å². The molecule has 0 bridgehead atoms. The quantitative estimate of drug-likeness (QED) is 0.871. The van der Waals surface area contributed by atoms with Crippen molar-refractivity contribution < 1.29 is 0 Å². The van der Waals surface area contributed by atoms with E-state index in [-0.39, 0.29) is 5.56 Å². The van der Waals surface area contributed by atoms with E-state index in [0.717, 1.165) is 15.6 Å². The molecule has 0 fully saturated rings. The third-order valence-corrected chi connectivity index (χ3v) is 3.00. The molecule has 0 aliphatic carbocycles. The molecule has 0 saturated heterocycles. The van der Waals surface area contributed by atoms with Crippen LogP contribution in [-0.2, 0) is 6.42 Å². The maximum Gasteiger partial charge on any atom is 0.256 e. The predicted octanol–water partition coefficient (Wildman–Crippen LogP) is 1.79. The Bertz CT molecular complexity index is 548. The van der Waals surface area contributed by atoms with Crippen molar-refractivity contribution in [3.05, 3.63) is 44.8 Å². The molecule has 0 amide bonds. The van der Waals surface area contributed by atoms with Gasteiger partial charge in [0.2, 0.25) is 0 Å². The van der Waals surface area contributed by atoms with Crippen molar-refractivity contribution in [2.24, 2.45) is 5.73 Å². The van der Waals surface area contributed by atoms with Crippen molar-refractivity contribution in [1.29, 1.82) is 0 Å².